The molecule has 0 amide bonds. The van der Waals surface area contributed by atoms with Crippen LogP contribution in [-0.4, -0.2) is 23.3 Å². The van der Waals surface area contributed by atoms with E-state index in [2.05, 4.69) is 35.0 Å². The summed E-state index contributed by atoms with van der Waals surface area (Å²) in [5.41, 5.74) is 9.36. The van der Waals surface area contributed by atoms with E-state index in [1.165, 1.54) is 11.3 Å². The minimum atomic E-state index is -0.158. The smallest absolute Gasteiger partial charge is 0.246 e. The monoisotopic (exact) mass is 366 g/mol. The molecule has 2 N–H and O–H groups in total. The maximum absolute atomic E-state index is 6.10. The lowest BCUT2D eigenvalue weighted by atomic mass is 10.00. The van der Waals surface area contributed by atoms with E-state index in [0.717, 1.165) is 25.1 Å². The second-order valence-electron chi connectivity index (χ2n) is 6.79. The van der Waals surface area contributed by atoms with Crippen molar-refractivity contribution in [2.45, 2.75) is 46.3 Å². The van der Waals surface area contributed by atoms with Gasteiger partial charge in [0.2, 0.25) is 5.89 Å². The molecule has 0 aliphatic carbocycles. The summed E-state index contributed by atoms with van der Waals surface area (Å²) in [6, 6.07) is 6.06. The van der Waals surface area contributed by atoms with E-state index >= 15 is 0 Å². The number of hydrogen-bond donors (Lipinski definition) is 1. The molecule has 0 fully saturated rings. The van der Waals surface area contributed by atoms with Crippen molar-refractivity contribution >= 4 is 23.8 Å². The number of anilines is 2. The van der Waals surface area contributed by atoms with Crippen LogP contribution in [0.25, 0.3) is 0 Å². The Kier molecular flexibility index (Phi) is 6.67. The summed E-state index contributed by atoms with van der Waals surface area (Å²) in [7, 11) is 0. The Morgan fingerprint density at radius 2 is 2.12 bits per heavy atom. The molecule has 1 aromatic carbocycles. The molecule has 0 saturated carbocycles. The molecule has 2 aromatic rings. The largest absolute Gasteiger partial charge is 0.398 e. The standard InChI is InChI=1S/C18H26N4O2.ClH/c1-12(2)11-23-13(3)18-20-17(24-21-18)10-22-9-5-6-14-15(19)7-4-8-16(14)22;/h4,7-8,12-13H,5-6,9-11,19H2,1-3H3;1H. The first-order chi connectivity index (χ1) is 11.5. The lowest BCUT2D eigenvalue weighted by Gasteiger charge is -2.30. The summed E-state index contributed by atoms with van der Waals surface area (Å²) in [5.74, 6) is 1.70. The first-order valence-electron chi connectivity index (χ1n) is 8.61. The number of hydrogen-bond acceptors (Lipinski definition) is 6. The minimum Gasteiger partial charge on any atom is -0.398 e. The van der Waals surface area contributed by atoms with Crippen LogP contribution in [0.4, 0.5) is 11.4 Å². The maximum atomic E-state index is 6.10. The number of halogens is 1. The van der Waals surface area contributed by atoms with Crippen molar-refractivity contribution < 1.29 is 9.26 Å². The van der Waals surface area contributed by atoms with Gasteiger partial charge in [0.15, 0.2) is 5.82 Å². The molecule has 7 heteroatoms. The molecule has 138 valence electrons. The zero-order valence-corrected chi connectivity index (χ0v) is 15.9. The topological polar surface area (TPSA) is 77.4 Å². The molecule has 1 atom stereocenters. The molecule has 6 nitrogen and oxygen atoms in total. The number of aromatic nitrogens is 2. The third kappa shape index (κ3) is 4.64. The Bertz CT molecular complexity index is 689. The van der Waals surface area contributed by atoms with Gasteiger partial charge in [-0.25, -0.2) is 0 Å². The predicted molar refractivity (Wildman–Crippen MR) is 101 cm³/mol. The van der Waals surface area contributed by atoms with Crippen LogP contribution in [0, 0.1) is 5.92 Å². The molecule has 1 unspecified atom stereocenters. The zero-order valence-electron chi connectivity index (χ0n) is 15.1. The zero-order chi connectivity index (χ0) is 17.1. The average molecular weight is 367 g/mol. The number of nitrogens with two attached hydrogens (primary N) is 1. The average Bonchev–Trinajstić information content (AvgIpc) is 3.02. The van der Waals surface area contributed by atoms with Gasteiger partial charge < -0.3 is 19.9 Å². The molecule has 1 aromatic heterocycles. The predicted octanol–water partition coefficient (Wildman–Crippen LogP) is 3.76. The quantitative estimate of drug-likeness (QED) is 0.784. The van der Waals surface area contributed by atoms with Gasteiger partial charge in [-0.1, -0.05) is 25.1 Å². The molecule has 0 bridgehead atoms. The molecule has 0 saturated heterocycles. The first kappa shape index (κ1) is 19.5. The van der Waals surface area contributed by atoms with Crippen LogP contribution >= 0.6 is 12.4 Å². The number of nitrogens with zero attached hydrogens (tertiary/aromatic N) is 3. The third-order valence-corrected chi connectivity index (χ3v) is 4.24. The second-order valence-corrected chi connectivity index (χ2v) is 6.79. The highest BCUT2D eigenvalue weighted by Gasteiger charge is 2.22. The Hall–Kier alpha value is -1.79. The van der Waals surface area contributed by atoms with Crippen molar-refractivity contribution in [3.63, 3.8) is 0 Å². The van der Waals surface area contributed by atoms with Gasteiger partial charge in [-0.2, -0.15) is 4.98 Å². The van der Waals surface area contributed by atoms with Crippen LogP contribution in [0.1, 0.15) is 50.6 Å². The molecular weight excluding hydrogens is 340 g/mol. The van der Waals surface area contributed by atoms with Crippen LogP contribution < -0.4 is 10.6 Å². The van der Waals surface area contributed by atoms with Crippen LogP contribution in [0.15, 0.2) is 22.7 Å². The van der Waals surface area contributed by atoms with E-state index in [0.29, 0.717) is 30.8 Å². The van der Waals surface area contributed by atoms with Gasteiger partial charge in [0.1, 0.15) is 6.10 Å². The van der Waals surface area contributed by atoms with Crippen molar-refractivity contribution in [2.75, 3.05) is 23.8 Å². The van der Waals surface area contributed by atoms with Crippen molar-refractivity contribution in [3.8, 4) is 0 Å². The fourth-order valence-corrected chi connectivity index (χ4v) is 2.96. The highest BCUT2D eigenvalue weighted by Crippen LogP contribution is 2.32. The molecule has 25 heavy (non-hydrogen) atoms. The van der Waals surface area contributed by atoms with Gasteiger partial charge in [0, 0.05) is 24.5 Å². The summed E-state index contributed by atoms with van der Waals surface area (Å²) in [6.07, 6.45) is 1.94. The number of fused-ring (bicyclic) bond motifs is 1. The van der Waals surface area contributed by atoms with Gasteiger partial charge in [-0.05, 0) is 43.4 Å². The van der Waals surface area contributed by atoms with Gasteiger partial charge in [0.05, 0.1) is 6.54 Å². The van der Waals surface area contributed by atoms with Gasteiger partial charge in [0.25, 0.3) is 0 Å². The van der Waals surface area contributed by atoms with E-state index < -0.39 is 0 Å². The summed E-state index contributed by atoms with van der Waals surface area (Å²) < 4.78 is 11.2. The molecule has 1 aliphatic rings. The molecule has 0 spiro atoms. The van der Waals surface area contributed by atoms with Gasteiger partial charge in [-0.15, -0.1) is 12.4 Å². The number of ether oxygens (including phenoxy) is 1. The summed E-state index contributed by atoms with van der Waals surface area (Å²) in [6.45, 7) is 8.44. The maximum Gasteiger partial charge on any atom is 0.246 e. The molecule has 1 aliphatic heterocycles. The fourth-order valence-electron chi connectivity index (χ4n) is 2.96. The minimum absolute atomic E-state index is 0. The van der Waals surface area contributed by atoms with E-state index in [1.807, 2.05) is 19.1 Å². The van der Waals surface area contributed by atoms with Crippen molar-refractivity contribution in [1.82, 2.24) is 10.1 Å². The molecule has 0 radical (unpaired) electrons. The molecule has 2 heterocycles. The van der Waals surface area contributed by atoms with Crippen molar-refractivity contribution in [1.29, 1.82) is 0 Å². The van der Waals surface area contributed by atoms with E-state index in [1.54, 1.807) is 0 Å². The third-order valence-electron chi connectivity index (χ3n) is 4.24. The Morgan fingerprint density at radius 1 is 1.32 bits per heavy atom. The summed E-state index contributed by atoms with van der Waals surface area (Å²) in [4.78, 5) is 6.76. The lowest BCUT2D eigenvalue weighted by Crippen LogP contribution is -2.29. The SMILES string of the molecule is CC(C)COC(C)c1noc(CN2CCCc3c(N)cccc32)n1.Cl. The van der Waals surface area contributed by atoms with E-state index in [4.69, 9.17) is 15.0 Å². The van der Waals surface area contributed by atoms with E-state index in [9.17, 15) is 0 Å². The molecule has 3 rings (SSSR count). The normalized spacial score (nSPS) is 15.0. The van der Waals surface area contributed by atoms with Gasteiger partial charge >= 0.3 is 0 Å². The van der Waals surface area contributed by atoms with Crippen LogP contribution in [0.3, 0.4) is 0 Å². The second kappa shape index (κ2) is 8.54. The van der Waals surface area contributed by atoms with Crippen molar-refractivity contribution in [2.24, 2.45) is 5.92 Å². The van der Waals surface area contributed by atoms with E-state index in [-0.39, 0.29) is 18.5 Å². The number of benzene rings is 1. The lowest BCUT2D eigenvalue weighted by molar-refractivity contribution is 0.0402. The Labute approximate surface area is 155 Å². The van der Waals surface area contributed by atoms with Gasteiger partial charge in [-0.3, -0.25) is 0 Å². The first-order valence-corrected chi connectivity index (χ1v) is 8.61. The molecular formula is C18H27ClN4O2. The Balaban J connectivity index is 0.00000225. The van der Waals surface area contributed by atoms with Crippen LogP contribution in [0.2, 0.25) is 0 Å². The fraction of sp³-hybridized carbons (Fsp3) is 0.556. The van der Waals surface area contributed by atoms with Crippen LogP contribution in [-0.2, 0) is 17.7 Å². The number of nitrogen functional groups attached to an aromatic ring is 1. The highest BCUT2D eigenvalue weighted by molar-refractivity contribution is 5.85. The summed E-state index contributed by atoms with van der Waals surface area (Å²) >= 11 is 0. The summed E-state index contributed by atoms with van der Waals surface area (Å²) in [5, 5.41) is 4.07. The highest BCUT2D eigenvalue weighted by atomic mass is 35.5. The number of rotatable bonds is 6. The van der Waals surface area contributed by atoms with Crippen LogP contribution in [0.5, 0.6) is 0 Å². The van der Waals surface area contributed by atoms with Crippen molar-refractivity contribution in [3.05, 3.63) is 35.5 Å². The Morgan fingerprint density at radius 3 is 2.88 bits per heavy atom.